The number of hydrogen-bond acceptors (Lipinski definition) is 6. The number of likely N-dealkylation sites (N-methyl/N-ethyl adjacent to an activating group) is 1. The van der Waals surface area contributed by atoms with E-state index in [9.17, 15) is 4.79 Å². The van der Waals surface area contributed by atoms with E-state index in [1.807, 2.05) is 12.1 Å². The number of rotatable bonds is 5. The highest BCUT2D eigenvalue weighted by Crippen LogP contribution is 2.23. The molecule has 2 saturated heterocycles. The normalized spacial score (nSPS) is 17.6. The molecule has 2 fully saturated rings. The lowest BCUT2D eigenvalue weighted by Crippen LogP contribution is -2.45. The molecule has 1 N–H and O–H groups in total. The quantitative estimate of drug-likeness (QED) is 0.810. The Morgan fingerprint density at radius 2 is 1.79 bits per heavy atom. The molecule has 0 bridgehead atoms. The maximum absolute atomic E-state index is 12.8. The Bertz CT molecular complexity index is 862. The van der Waals surface area contributed by atoms with E-state index in [1.165, 1.54) is 11.9 Å². The number of para-hydroxylation sites is 1. The van der Waals surface area contributed by atoms with Crippen LogP contribution in [-0.2, 0) is 6.54 Å². The largest absolute Gasteiger partial charge is 0.369 e. The van der Waals surface area contributed by atoms with Gasteiger partial charge in [0.2, 0.25) is 5.95 Å². The molecule has 29 heavy (non-hydrogen) atoms. The summed E-state index contributed by atoms with van der Waals surface area (Å²) in [6.07, 6.45) is 3.77. The van der Waals surface area contributed by atoms with Gasteiger partial charge in [-0.25, -0.2) is 9.97 Å². The van der Waals surface area contributed by atoms with Gasteiger partial charge in [0.25, 0.3) is 5.91 Å². The molecule has 0 radical (unpaired) electrons. The number of carbonyl (C=O) groups excluding carboxylic acids is 1. The van der Waals surface area contributed by atoms with Crippen molar-refractivity contribution in [1.29, 1.82) is 0 Å². The SMILES string of the molecule is CN1CCN(c2ccccc2CNC(=O)c2nc(N3CCCC3)ncc2Cl)CC1. The van der Waals surface area contributed by atoms with Gasteiger partial charge in [-0.05, 0) is 31.5 Å². The van der Waals surface area contributed by atoms with Crippen molar-refractivity contribution in [2.45, 2.75) is 19.4 Å². The molecule has 1 aromatic carbocycles. The minimum atomic E-state index is -0.272. The molecule has 0 saturated carbocycles. The lowest BCUT2D eigenvalue weighted by molar-refractivity contribution is 0.0946. The number of aromatic nitrogens is 2. The van der Waals surface area contributed by atoms with Crippen LogP contribution in [-0.4, -0.2) is 67.1 Å². The predicted octanol–water partition coefficient (Wildman–Crippen LogP) is 2.41. The summed E-state index contributed by atoms with van der Waals surface area (Å²) in [4.78, 5) is 28.4. The Labute approximate surface area is 176 Å². The van der Waals surface area contributed by atoms with Gasteiger partial charge in [-0.2, -0.15) is 0 Å². The Hall–Kier alpha value is -2.38. The van der Waals surface area contributed by atoms with Crippen molar-refractivity contribution >= 4 is 29.1 Å². The third-order valence-electron chi connectivity index (χ3n) is 5.61. The predicted molar refractivity (Wildman–Crippen MR) is 116 cm³/mol. The Morgan fingerprint density at radius 1 is 1.07 bits per heavy atom. The van der Waals surface area contributed by atoms with E-state index in [2.05, 4.69) is 49.2 Å². The van der Waals surface area contributed by atoms with E-state index in [4.69, 9.17) is 11.6 Å². The molecule has 0 spiro atoms. The van der Waals surface area contributed by atoms with Crippen molar-refractivity contribution < 1.29 is 4.79 Å². The van der Waals surface area contributed by atoms with Crippen LogP contribution in [0, 0.1) is 0 Å². The van der Waals surface area contributed by atoms with Crippen molar-refractivity contribution in [3.05, 3.63) is 46.7 Å². The Morgan fingerprint density at radius 3 is 2.55 bits per heavy atom. The van der Waals surface area contributed by atoms with E-state index in [0.717, 1.165) is 57.7 Å². The van der Waals surface area contributed by atoms with Gasteiger partial charge in [-0.15, -0.1) is 0 Å². The molecule has 2 aliphatic heterocycles. The van der Waals surface area contributed by atoms with Crippen LogP contribution in [0.4, 0.5) is 11.6 Å². The highest BCUT2D eigenvalue weighted by Gasteiger charge is 2.21. The number of benzene rings is 1. The summed E-state index contributed by atoms with van der Waals surface area (Å²) in [5.41, 5.74) is 2.50. The van der Waals surface area contributed by atoms with Crippen LogP contribution < -0.4 is 15.1 Å². The first-order valence-electron chi connectivity index (χ1n) is 10.2. The van der Waals surface area contributed by atoms with Gasteiger partial charge < -0.3 is 20.0 Å². The minimum absolute atomic E-state index is 0.237. The van der Waals surface area contributed by atoms with Gasteiger partial charge in [0.1, 0.15) is 0 Å². The van der Waals surface area contributed by atoms with E-state index in [1.54, 1.807) is 0 Å². The summed E-state index contributed by atoms with van der Waals surface area (Å²) in [6, 6.07) is 8.23. The zero-order valence-electron chi connectivity index (χ0n) is 16.8. The lowest BCUT2D eigenvalue weighted by Gasteiger charge is -2.35. The molecule has 0 unspecified atom stereocenters. The summed E-state index contributed by atoms with van der Waals surface area (Å²) >= 11 is 6.23. The van der Waals surface area contributed by atoms with E-state index >= 15 is 0 Å². The monoisotopic (exact) mass is 414 g/mol. The van der Waals surface area contributed by atoms with Gasteiger partial charge in [0, 0.05) is 51.5 Å². The van der Waals surface area contributed by atoms with Crippen molar-refractivity contribution in [1.82, 2.24) is 20.2 Å². The Kier molecular flexibility index (Phi) is 6.16. The van der Waals surface area contributed by atoms with Crippen LogP contribution in [0.3, 0.4) is 0 Å². The highest BCUT2D eigenvalue weighted by atomic mass is 35.5. The molecule has 8 heteroatoms. The summed E-state index contributed by atoms with van der Waals surface area (Å²) in [5, 5.41) is 3.27. The molecule has 2 aliphatic rings. The minimum Gasteiger partial charge on any atom is -0.369 e. The van der Waals surface area contributed by atoms with Crippen LogP contribution in [0.2, 0.25) is 5.02 Å². The zero-order valence-corrected chi connectivity index (χ0v) is 17.5. The van der Waals surface area contributed by atoms with Crippen molar-refractivity contribution in [3.8, 4) is 0 Å². The third kappa shape index (κ3) is 4.62. The topological polar surface area (TPSA) is 64.6 Å². The molecule has 1 aromatic heterocycles. The van der Waals surface area contributed by atoms with Crippen molar-refractivity contribution in [2.24, 2.45) is 0 Å². The smallest absolute Gasteiger partial charge is 0.271 e. The number of carbonyl (C=O) groups is 1. The molecular weight excluding hydrogens is 388 g/mol. The highest BCUT2D eigenvalue weighted by molar-refractivity contribution is 6.33. The molecule has 3 heterocycles. The third-order valence-corrected chi connectivity index (χ3v) is 5.89. The molecular formula is C21H27ClN6O. The van der Waals surface area contributed by atoms with E-state index in [-0.39, 0.29) is 16.6 Å². The van der Waals surface area contributed by atoms with Gasteiger partial charge in [-0.1, -0.05) is 29.8 Å². The van der Waals surface area contributed by atoms with Crippen molar-refractivity contribution in [2.75, 3.05) is 56.1 Å². The second kappa shape index (κ2) is 8.97. The number of hydrogen-bond donors (Lipinski definition) is 1. The summed E-state index contributed by atoms with van der Waals surface area (Å²) in [5.74, 6) is 0.306. The molecule has 1 amide bonds. The maximum Gasteiger partial charge on any atom is 0.271 e. The average Bonchev–Trinajstić information content (AvgIpc) is 3.28. The number of nitrogens with zero attached hydrogens (tertiary/aromatic N) is 5. The fourth-order valence-electron chi connectivity index (χ4n) is 3.86. The maximum atomic E-state index is 12.8. The van der Waals surface area contributed by atoms with Crippen LogP contribution in [0.1, 0.15) is 28.9 Å². The Balaban J connectivity index is 1.46. The van der Waals surface area contributed by atoms with Gasteiger partial charge in [0.05, 0.1) is 11.2 Å². The van der Waals surface area contributed by atoms with Crippen LogP contribution in [0.25, 0.3) is 0 Å². The number of halogens is 1. The van der Waals surface area contributed by atoms with Gasteiger partial charge >= 0.3 is 0 Å². The average molecular weight is 415 g/mol. The van der Waals surface area contributed by atoms with E-state index in [0.29, 0.717) is 12.5 Å². The molecule has 0 aliphatic carbocycles. The van der Waals surface area contributed by atoms with Crippen molar-refractivity contribution in [3.63, 3.8) is 0 Å². The fourth-order valence-corrected chi connectivity index (χ4v) is 4.04. The first kappa shape index (κ1) is 19.9. The molecule has 2 aromatic rings. The number of piperazine rings is 1. The summed E-state index contributed by atoms with van der Waals surface area (Å²) in [6.45, 7) is 6.31. The van der Waals surface area contributed by atoms with Crippen LogP contribution >= 0.6 is 11.6 Å². The van der Waals surface area contributed by atoms with Crippen LogP contribution in [0.5, 0.6) is 0 Å². The number of anilines is 2. The second-order valence-corrected chi connectivity index (χ2v) is 8.07. The lowest BCUT2D eigenvalue weighted by atomic mass is 10.1. The number of nitrogens with one attached hydrogen (secondary N) is 1. The zero-order chi connectivity index (χ0) is 20.2. The molecule has 0 atom stereocenters. The standard InChI is InChI=1S/C21H27ClN6O/c1-26-10-12-27(13-11-26)18-7-3-2-6-16(18)14-23-20(29)19-17(22)15-24-21(25-19)28-8-4-5-9-28/h2-3,6-7,15H,4-5,8-14H2,1H3,(H,23,29). The van der Waals surface area contributed by atoms with E-state index < -0.39 is 0 Å². The fraction of sp³-hybridized carbons (Fsp3) is 0.476. The first-order valence-corrected chi connectivity index (χ1v) is 10.6. The molecule has 154 valence electrons. The molecule has 7 nitrogen and oxygen atoms in total. The number of amides is 1. The summed E-state index contributed by atoms with van der Waals surface area (Å²) < 4.78 is 0. The second-order valence-electron chi connectivity index (χ2n) is 7.66. The molecule has 4 rings (SSSR count). The van der Waals surface area contributed by atoms with Gasteiger partial charge in [-0.3, -0.25) is 4.79 Å². The van der Waals surface area contributed by atoms with Crippen LogP contribution in [0.15, 0.2) is 30.5 Å². The first-order chi connectivity index (χ1) is 14.1. The van der Waals surface area contributed by atoms with Gasteiger partial charge in [0.15, 0.2) is 5.69 Å². The summed E-state index contributed by atoms with van der Waals surface area (Å²) in [7, 11) is 2.14.